The molecule has 0 radical (unpaired) electrons. The zero-order chi connectivity index (χ0) is 25.5. The van der Waals surface area contributed by atoms with Crippen LogP contribution in [0.1, 0.15) is 18.1 Å². The Kier molecular flexibility index (Phi) is 8.80. The van der Waals surface area contributed by atoms with Crippen molar-refractivity contribution in [3.8, 4) is 17.2 Å². The summed E-state index contributed by atoms with van der Waals surface area (Å²) in [4.78, 5) is 26.8. The second-order valence-corrected chi connectivity index (χ2v) is 9.56. The van der Waals surface area contributed by atoms with Gasteiger partial charge in [-0.25, -0.2) is 0 Å². The van der Waals surface area contributed by atoms with Gasteiger partial charge in [0.25, 0.3) is 11.1 Å². The van der Waals surface area contributed by atoms with E-state index in [1.807, 2.05) is 37.3 Å². The van der Waals surface area contributed by atoms with Gasteiger partial charge >= 0.3 is 0 Å². The van der Waals surface area contributed by atoms with Crippen LogP contribution in [-0.2, 0) is 11.4 Å². The molecule has 1 saturated heterocycles. The summed E-state index contributed by atoms with van der Waals surface area (Å²) in [6.07, 6.45) is 1.68. The van der Waals surface area contributed by atoms with Crippen LogP contribution in [0.5, 0.6) is 17.2 Å². The molecule has 3 aromatic rings. The summed E-state index contributed by atoms with van der Waals surface area (Å²) in [6.45, 7) is 3.01. The first kappa shape index (κ1) is 25.9. The number of rotatable bonds is 10. The van der Waals surface area contributed by atoms with E-state index in [-0.39, 0.29) is 24.3 Å². The van der Waals surface area contributed by atoms with Crippen LogP contribution in [0.2, 0.25) is 10.0 Å². The van der Waals surface area contributed by atoms with Crippen LogP contribution in [0.25, 0.3) is 6.08 Å². The van der Waals surface area contributed by atoms with E-state index in [1.54, 1.807) is 42.5 Å². The van der Waals surface area contributed by atoms with Gasteiger partial charge in [-0.15, -0.1) is 0 Å². The van der Waals surface area contributed by atoms with Gasteiger partial charge in [-0.2, -0.15) is 0 Å². The number of carbonyl (C=O) groups is 2. The van der Waals surface area contributed by atoms with Crippen LogP contribution in [0.3, 0.4) is 0 Å². The Bertz CT molecular complexity index is 1260. The van der Waals surface area contributed by atoms with Crippen molar-refractivity contribution in [1.29, 1.82) is 0 Å². The number of benzene rings is 3. The fourth-order valence-corrected chi connectivity index (χ4v) is 4.49. The summed E-state index contributed by atoms with van der Waals surface area (Å²) in [5.74, 6) is 1.39. The smallest absolute Gasteiger partial charge is 0.293 e. The van der Waals surface area contributed by atoms with Gasteiger partial charge < -0.3 is 14.2 Å². The monoisotopic (exact) mass is 543 g/mol. The predicted octanol–water partition coefficient (Wildman–Crippen LogP) is 7.09. The molecule has 1 aliphatic heterocycles. The van der Waals surface area contributed by atoms with Gasteiger partial charge in [0.05, 0.1) is 18.1 Å². The lowest BCUT2D eigenvalue weighted by Gasteiger charge is -2.13. The van der Waals surface area contributed by atoms with Crippen molar-refractivity contribution in [2.45, 2.75) is 13.5 Å². The third-order valence-corrected chi connectivity index (χ3v) is 6.56. The number of carbonyl (C=O) groups excluding carboxylic acids is 2. The largest absolute Gasteiger partial charge is 0.492 e. The molecule has 6 nitrogen and oxygen atoms in total. The zero-order valence-corrected chi connectivity index (χ0v) is 21.7. The highest BCUT2D eigenvalue weighted by atomic mass is 35.5. The third kappa shape index (κ3) is 6.75. The lowest BCUT2D eigenvalue weighted by Crippen LogP contribution is -2.32. The van der Waals surface area contributed by atoms with E-state index in [0.717, 1.165) is 22.9 Å². The molecule has 4 rings (SSSR count). The molecule has 3 aromatic carbocycles. The SMILES string of the molecule is CCOc1cc(/C=C2\SC(=O)N(CCOc3ccc(Cl)cc3)C2=O)ccc1OCc1ccc(Cl)cc1. The van der Waals surface area contributed by atoms with Crippen molar-refractivity contribution in [3.63, 3.8) is 0 Å². The molecule has 36 heavy (non-hydrogen) atoms. The molecular formula is C27H23Cl2NO5S. The highest BCUT2D eigenvalue weighted by Crippen LogP contribution is 2.35. The van der Waals surface area contributed by atoms with Gasteiger partial charge in [0.1, 0.15) is 19.0 Å². The highest BCUT2D eigenvalue weighted by molar-refractivity contribution is 8.18. The maximum Gasteiger partial charge on any atom is 0.293 e. The van der Waals surface area contributed by atoms with E-state index < -0.39 is 0 Å². The molecular weight excluding hydrogens is 521 g/mol. The second kappa shape index (κ2) is 12.2. The van der Waals surface area contributed by atoms with Crippen molar-refractivity contribution in [2.24, 2.45) is 0 Å². The third-order valence-electron chi connectivity index (χ3n) is 5.14. The Labute approximate surface area is 223 Å². The molecule has 0 aliphatic carbocycles. The molecule has 1 heterocycles. The van der Waals surface area contributed by atoms with Gasteiger partial charge in [-0.3, -0.25) is 14.5 Å². The quantitative estimate of drug-likeness (QED) is 0.254. The van der Waals surface area contributed by atoms with Gasteiger partial charge in [0.15, 0.2) is 11.5 Å². The molecule has 0 spiro atoms. The predicted molar refractivity (Wildman–Crippen MR) is 143 cm³/mol. The van der Waals surface area contributed by atoms with E-state index in [1.165, 1.54) is 4.90 Å². The summed E-state index contributed by atoms with van der Waals surface area (Å²) in [7, 11) is 0. The van der Waals surface area contributed by atoms with Crippen molar-refractivity contribution in [1.82, 2.24) is 4.90 Å². The average Bonchev–Trinajstić information content (AvgIpc) is 3.13. The lowest BCUT2D eigenvalue weighted by molar-refractivity contribution is -0.123. The van der Waals surface area contributed by atoms with E-state index in [2.05, 4.69) is 0 Å². The molecule has 1 fully saturated rings. The second-order valence-electron chi connectivity index (χ2n) is 7.69. The van der Waals surface area contributed by atoms with Crippen molar-refractivity contribution < 1.29 is 23.8 Å². The molecule has 0 atom stereocenters. The van der Waals surface area contributed by atoms with Crippen LogP contribution in [0.15, 0.2) is 71.6 Å². The molecule has 0 N–H and O–H groups in total. The standard InChI is InChI=1S/C27H23Cl2NO5S/c1-2-33-24-15-19(5-12-23(24)35-17-18-3-6-20(28)7-4-18)16-25-26(31)30(27(32)36-25)13-14-34-22-10-8-21(29)9-11-22/h3-12,15-16H,2,13-14,17H2,1H3/b25-16-. The summed E-state index contributed by atoms with van der Waals surface area (Å²) in [5, 5.41) is 0.933. The maximum absolute atomic E-state index is 12.8. The maximum atomic E-state index is 12.8. The Morgan fingerprint density at radius 3 is 2.25 bits per heavy atom. The van der Waals surface area contributed by atoms with Gasteiger partial charge in [-0.05, 0) is 84.4 Å². The summed E-state index contributed by atoms with van der Waals surface area (Å²) < 4.78 is 17.3. The average molecular weight is 544 g/mol. The van der Waals surface area contributed by atoms with E-state index in [4.69, 9.17) is 37.4 Å². The van der Waals surface area contributed by atoms with Crippen molar-refractivity contribution >= 4 is 52.2 Å². The topological polar surface area (TPSA) is 65.1 Å². The van der Waals surface area contributed by atoms with Crippen LogP contribution < -0.4 is 14.2 Å². The molecule has 2 amide bonds. The fraction of sp³-hybridized carbons (Fsp3) is 0.185. The minimum absolute atomic E-state index is 0.145. The zero-order valence-electron chi connectivity index (χ0n) is 19.4. The van der Waals surface area contributed by atoms with Crippen LogP contribution in [0, 0.1) is 0 Å². The number of thioether (sulfide) groups is 1. The number of halogens is 2. The fourth-order valence-electron chi connectivity index (χ4n) is 3.37. The molecule has 0 aromatic heterocycles. The molecule has 0 bridgehead atoms. The molecule has 9 heteroatoms. The van der Waals surface area contributed by atoms with Gasteiger partial charge in [0.2, 0.25) is 0 Å². The number of nitrogens with zero attached hydrogens (tertiary/aromatic N) is 1. The van der Waals surface area contributed by atoms with E-state index in [0.29, 0.717) is 45.4 Å². The number of hydrogen-bond acceptors (Lipinski definition) is 6. The first-order chi connectivity index (χ1) is 17.4. The molecule has 0 saturated carbocycles. The molecule has 1 aliphatic rings. The summed E-state index contributed by atoms with van der Waals surface area (Å²) in [6, 6.07) is 19.7. The lowest BCUT2D eigenvalue weighted by atomic mass is 10.1. The normalized spacial score (nSPS) is 14.4. The number of imide groups is 1. The van der Waals surface area contributed by atoms with Gasteiger partial charge in [0, 0.05) is 10.0 Å². The number of hydrogen-bond donors (Lipinski definition) is 0. The van der Waals surface area contributed by atoms with Crippen molar-refractivity contribution in [2.75, 3.05) is 19.8 Å². The first-order valence-electron chi connectivity index (χ1n) is 11.2. The van der Waals surface area contributed by atoms with Crippen LogP contribution in [-0.4, -0.2) is 35.8 Å². The first-order valence-corrected chi connectivity index (χ1v) is 12.8. The van der Waals surface area contributed by atoms with Gasteiger partial charge in [-0.1, -0.05) is 41.4 Å². The number of ether oxygens (including phenoxy) is 3. The molecule has 0 unspecified atom stereocenters. The molecule has 186 valence electrons. The van der Waals surface area contributed by atoms with E-state index in [9.17, 15) is 9.59 Å². The Hall–Kier alpha value is -3.13. The summed E-state index contributed by atoms with van der Waals surface area (Å²) >= 11 is 12.7. The highest BCUT2D eigenvalue weighted by Gasteiger charge is 2.34. The number of amides is 2. The van der Waals surface area contributed by atoms with Crippen LogP contribution in [0.4, 0.5) is 4.79 Å². The minimum atomic E-state index is -0.356. The Balaban J connectivity index is 1.41. The van der Waals surface area contributed by atoms with Crippen molar-refractivity contribution in [3.05, 3.63) is 92.8 Å². The van der Waals surface area contributed by atoms with Crippen LogP contribution >= 0.6 is 35.0 Å². The van der Waals surface area contributed by atoms with E-state index >= 15 is 0 Å². The Morgan fingerprint density at radius 2 is 1.56 bits per heavy atom. The minimum Gasteiger partial charge on any atom is -0.492 e. The Morgan fingerprint density at radius 1 is 0.861 bits per heavy atom. The summed E-state index contributed by atoms with van der Waals surface area (Å²) in [5.41, 5.74) is 1.69.